The second-order valence-corrected chi connectivity index (χ2v) is 5.67. The van der Waals surface area contributed by atoms with Crippen molar-refractivity contribution in [3.63, 3.8) is 0 Å². The topological polar surface area (TPSA) is 52.6 Å². The third-order valence-electron chi connectivity index (χ3n) is 4.07. The van der Waals surface area contributed by atoms with E-state index in [1.165, 1.54) is 5.56 Å². The molecule has 1 saturated heterocycles. The number of rotatable bonds is 5. The monoisotopic (exact) mass is 276 g/mol. The standard InChI is InChI=1S/C16H24N2O2/c1-12(14-6-4-3-5-7-14)10-17-16(20)13(2)18-9-8-15(19)11-18/h3-7,12-13,15,19H,8-11H2,1-2H3,(H,17,20)/t12-,13-,15+/m0/s1. The van der Waals surface area contributed by atoms with Gasteiger partial charge in [0.15, 0.2) is 0 Å². The molecule has 1 aromatic carbocycles. The molecule has 1 amide bonds. The van der Waals surface area contributed by atoms with Gasteiger partial charge in [-0.05, 0) is 24.8 Å². The lowest BCUT2D eigenvalue weighted by molar-refractivity contribution is -0.125. The normalized spacial score (nSPS) is 22.4. The van der Waals surface area contributed by atoms with Crippen LogP contribution in [0.15, 0.2) is 30.3 Å². The summed E-state index contributed by atoms with van der Waals surface area (Å²) in [5.74, 6) is 0.346. The van der Waals surface area contributed by atoms with Crippen LogP contribution in [0.3, 0.4) is 0 Å². The van der Waals surface area contributed by atoms with Crippen LogP contribution in [0.5, 0.6) is 0 Å². The number of benzene rings is 1. The fourth-order valence-corrected chi connectivity index (χ4v) is 2.59. The Morgan fingerprint density at radius 2 is 2.10 bits per heavy atom. The summed E-state index contributed by atoms with van der Waals surface area (Å²) in [4.78, 5) is 14.2. The Labute approximate surface area is 120 Å². The molecular weight excluding hydrogens is 252 g/mol. The van der Waals surface area contributed by atoms with Gasteiger partial charge in [-0.2, -0.15) is 0 Å². The number of likely N-dealkylation sites (tertiary alicyclic amines) is 1. The van der Waals surface area contributed by atoms with E-state index in [2.05, 4.69) is 24.4 Å². The van der Waals surface area contributed by atoms with Gasteiger partial charge in [0.05, 0.1) is 12.1 Å². The molecule has 0 aromatic heterocycles. The van der Waals surface area contributed by atoms with Crippen LogP contribution in [-0.2, 0) is 4.79 Å². The van der Waals surface area contributed by atoms with E-state index in [4.69, 9.17) is 0 Å². The number of nitrogens with zero attached hydrogens (tertiary/aromatic N) is 1. The average molecular weight is 276 g/mol. The summed E-state index contributed by atoms with van der Waals surface area (Å²) in [5, 5.41) is 12.5. The number of carbonyl (C=O) groups is 1. The summed E-state index contributed by atoms with van der Waals surface area (Å²) in [5.41, 5.74) is 1.23. The zero-order valence-electron chi connectivity index (χ0n) is 12.2. The van der Waals surface area contributed by atoms with Crippen molar-refractivity contribution in [1.29, 1.82) is 0 Å². The summed E-state index contributed by atoms with van der Waals surface area (Å²) in [6, 6.07) is 10.0. The highest BCUT2D eigenvalue weighted by atomic mass is 16.3. The Morgan fingerprint density at radius 3 is 2.70 bits per heavy atom. The van der Waals surface area contributed by atoms with Crippen molar-refractivity contribution in [3.8, 4) is 0 Å². The van der Waals surface area contributed by atoms with Gasteiger partial charge in [-0.3, -0.25) is 9.69 Å². The quantitative estimate of drug-likeness (QED) is 0.854. The van der Waals surface area contributed by atoms with Crippen LogP contribution >= 0.6 is 0 Å². The molecule has 1 fully saturated rings. The largest absolute Gasteiger partial charge is 0.392 e. The molecule has 4 heteroatoms. The molecule has 0 aliphatic carbocycles. The molecule has 3 atom stereocenters. The van der Waals surface area contributed by atoms with Crippen molar-refractivity contribution in [2.45, 2.75) is 38.3 Å². The van der Waals surface area contributed by atoms with Gasteiger partial charge in [-0.25, -0.2) is 0 Å². The number of amides is 1. The van der Waals surface area contributed by atoms with Gasteiger partial charge in [0, 0.05) is 19.6 Å². The van der Waals surface area contributed by atoms with Crippen LogP contribution in [0.2, 0.25) is 0 Å². The summed E-state index contributed by atoms with van der Waals surface area (Å²) >= 11 is 0. The first-order valence-electron chi connectivity index (χ1n) is 7.32. The molecule has 0 radical (unpaired) electrons. The summed E-state index contributed by atoms with van der Waals surface area (Å²) < 4.78 is 0. The Hall–Kier alpha value is -1.39. The van der Waals surface area contributed by atoms with Crippen LogP contribution in [0, 0.1) is 0 Å². The summed E-state index contributed by atoms with van der Waals surface area (Å²) in [6.07, 6.45) is 0.478. The average Bonchev–Trinajstić information content (AvgIpc) is 2.91. The SMILES string of the molecule is C[C@@H](CNC(=O)[C@H](C)N1CC[C@@H](O)C1)c1ccccc1. The van der Waals surface area contributed by atoms with E-state index in [-0.39, 0.29) is 18.1 Å². The van der Waals surface area contributed by atoms with Gasteiger partial charge in [0.2, 0.25) is 5.91 Å². The lowest BCUT2D eigenvalue weighted by Gasteiger charge is -2.23. The second kappa shape index (κ2) is 6.86. The summed E-state index contributed by atoms with van der Waals surface area (Å²) in [7, 11) is 0. The first kappa shape index (κ1) is 15.0. The Bertz CT molecular complexity index is 435. The second-order valence-electron chi connectivity index (χ2n) is 5.67. The van der Waals surface area contributed by atoms with Crippen LogP contribution in [-0.4, -0.2) is 47.7 Å². The minimum atomic E-state index is -0.284. The van der Waals surface area contributed by atoms with Crippen LogP contribution in [0.4, 0.5) is 0 Å². The van der Waals surface area contributed by atoms with Gasteiger partial charge >= 0.3 is 0 Å². The summed E-state index contributed by atoms with van der Waals surface area (Å²) in [6.45, 7) is 6.05. The van der Waals surface area contributed by atoms with E-state index in [9.17, 15) is 9.90 Å². The van der Waals surface area contributed by atoms with E-state index in [1.807, 2.05) is 30.0 Å². The van der Waals surface area contributed by atoms with Crippen molar-refractivity contribution in [3.05, 3.63) is 35.9 Å². The number of hydrogen-bond donors (Lipinski definition) is 2. The van der Waals surface area contributed by atoms with E-state index in [0.717, 1.165) is 13.0 Å². The lowest BCUT2D eigenvalue weighted by Crippen LogP contribution is -2.45. The van der Waals surface area contributed by atoms with Crippen molar-refractivity contribution in [1.82, 2.24) is 10.2 Å². The zero-order valence-corrected chi connectivity index (χ0v) is 12.2. The Balaban J connectivity index is 1.80. The smallest absolute Gasteiger partial charge is 0.237 e. The molecule has 1 aliphatic rings. The molecule has 1 aliphatic heterocycles. The molecular formula is C16H24N2O2. The molecule has 110 valence electrons. The van der Waals surface area contributed by atoms with Crippen molar-refractivity contribution in [2.75, 3.05) is 19.6 Å². The number of aliphatic hydroxyl groups excluding tert-OH is 1. The molecule has 0 spiro atoms. The molecule has 4 nitrogen and oxygen atoms in total. The maximum absolute atomic E-state index is 12.1. The predicted octanol–water partition coefficient (Wildman–Crippen LogP) is 1.36. The van der Waals surface area contributed by atoms with Crippen molar-refractivity contribution >= 4 is 5.91 Å². The van der Waals surface area contributed by atoms with Gasteiger partial charge < -0.3 is 10.4 Å². The molecule has 0 unspecified atom stereocenters. The van der Waals surface area contributed by atoms with E-state index < -0.39 is 0 Å². The van der Waals surface area contributed by atoms with Gasteiger partial charge in [-0.1, -0.05) is 37.3 Å². The number of nitrogens with one attached hydrogen (secondary N) is 1. The maximum Gasteiger partial charge on any atom is 0.237 e. The molecule has 2 N–H and O–H groups in total. The first-order valence-corrected chi connectivity index (χ1v) is 7.32. The van der Waals surface area contributed by atoms with Gasteiger partial charge in [0.25, 0.3) is 0 Å². The predicted molar refractivity (Wildman–Crippen MR) is 79.5 cm³/mol. The lowest BCUT2D eigenvalue weighted by atomic mass is 10.0. The highest BCUT2D eigenvalue weighted by Crippen LogP contribution is 2.15. The molecule has 0 bridgehead atoms. The van der Waals surface area contributed by atoms with Gasteiger partial charge in [0.1, 0.15) is 0 Å². The van der Waals surface area contributed by atoms with Crippen molar-refractivity contribution in [2.24, 2.45) is 0 Å². The fourth-order valence-electron chi connectivity index (χ4n) is 2.59. The highest BCUT2D eigenvalue weighted by molar-refractivity contribution is 5.81. The molecule has 20 heavy (non-hydrogen) atoms. The molecule has 2 rings (SSSR count). The third-order valence-corrected chi connectivity index (χ3v) is 4.07. The zero-order chi connectivity index (χ0) is 14.5. The fraction of sp³-hybridized carbons (Fsp3) is 0.562. The van der Waals surface area contributed by atoms with E-state index in [1.54, 1.807) is 0 Å². The van der Waals surface area contributed by atoms with Crippen LogP contribution in [0.1, 0.15) is 31.7 Å². The number of β-amino-alcohol motifs (C(OH)–C–C–N with tert-alkyl or cyclic N) is 1. The first-order chi connectivity index (χ1) is 9.58. The van der Waals surface area contributed by atoms with Crippen molar-refractivity contribution < 1.29 is 9.90 Å². The third kappa shape index (κ3) is 3.81. The Morgan fingerprint density at radius 1 is 1.40 bits per heavy atom. The maximum atomic E-state index is 12.1. The minimum absolute atomic E-state index is 0.0434. The van der Waals surface area contributed by atoms with Crippen LogP contribution in [0.25, 0.3) is 0 Å². The molecule has 1 heterocycles. The highest BCUT2D eigenvalue weighted by Gasteiger charge is 2.28. The number of hydrogen-bond acceptors (Lipinski definition) is 3. The molecule has 0 saturated carbocycles. The van der Waals surface area contributed by atoms with Crippen LogP contribution < -0.4 is 5.32 Å². The number of carbonyl (C=O) groups excluding carboxylic acids is 1. The Kier molecular flexibility index (Phi) is 5.15. The number of aliphatic hydroxyl groups is 1. The van der Waals surface area contributed by atoms with Gasteiger partial charge in [-0.15, -0.1) is 0 Å². The van der Waals surface area contributed by atoms with E-state index >= 15 is 0 Å². The van der Waals surface area contributed by atoms with E-state index in [0.29, 0.717) is 19.0 Å². The molecule has 1 aromatic rings. The minimum Gasteiger partial charge on any atom is -0.392 e.